The quantitative estimate of drug-likeness (QED) is 0.555. The van der Waals surface area contributed by atoms with Crippen molar-refractivity contribution in [2.24, 2.45) is 0 Å². The number of esters is 1. The minimum Gasteiger partial charge on any atom is -0.460 e. The van der Waals surface area contributed by atoms with E-state index in [0.29, 0.717) is 5.02 Å². The molecule has 4 rings (SSSR count). The van der Waals surface area contributed by atoms with Crippen LogP contribution in [0.1, 0.15) is 32.4 Å². The zero-order chi connectivity index (χ0) is 19.5. The van der Waals surface area contributed by atoms with E-state index in [1.807, 2.05) is 24.3 Å². The standard InChI is InChI=1S/C21H18ClFN2O2S/c22-16-3-1-14(2-4-16)19(25-9-6-20-15(12-25)7-10-28-20)13-27-21(26)17-5-8-24-11-18(17)23/h1-5,7-8,10-11,19H,6,9,12-13H2. The van der Waals surface area contributed by atoms with E-state index in [2.05, 4.69) is 21.3 Å². The van der Waals surface area contributed by atoms with Crippen LogP contribution in [0.3, 0.4) is 0 Å². The Bertz CT molecular complexity index is 977. The monoisotopic (exact) mass is 416 g/mol. The summed E-state index contributed by atoms with van der Waals surface area (Å²) in [7, 11) is 0. The molecule has 0 N–H and O–H groups in total. The Morgan fingerprint density at radius 1 is 1.29 bits per heavy atom. The van der Waals surface area contributed by atoms with Crippen LogP contribution in [0, 0.1) is 5.82 Å². The molecular weight excluding hydrogens is 399 g/mol. The first-order valence-corrected chi connectivity index (χ1v) is 10.2. The smallest absolute Gasteiger partial charge is 0.341 e. The molecule has 4 nitrogen and oxygen atoms in total. The van der Waals surface area contributed by atoms with Gasteiger partial charge in [-0.05, 0) is 47.2 Å². The van der Waals surface area contributed by atoms with Gasteiger partial charge in [-0.25, -0.2) is 9.18 Å². The summed E-state index contributed by atoms with van der Waals surface area (Å²) < 4.78 is 19.3. The molecule has 2 aromatic heterocycles. The van der Waals surface area contributed by atoms with Gasteiger partial charge in [0, 0.05) is 29.2 Å². The summed E-state index contributed by atoms with van der Waals surface area (Å²) >= 11 is 7.81. The third kappa shape index (κ3) is 4.09. The number of pyridine rings is 1. The zero-order valence-corrected chi connectivity index (χ0v) is 16.5. The molecule has 1 aromatic carbocycles. The summed E-state index contributed by atoms with van der Waals surface area (Å²) in [4.78, 5) is 19.7. The fourth-order valence-corrected chi connectivity index (χ4v) is 4.42. The molecule has 3 aromatic rings. The van der Waals surface area contributed by atoms with E-state index >= 15 is 0 Å². The Labute approximate surface area is 171 Å². The number of halogens is 2. The normalized spacial score (nSPS) is 15.1. The molecule has 0 aliphatic carbocycles. The van der Waals surface area contributed by atoms with E-state index in [9.17, 15) is 9.18 Å². The van der Waals surface area contributed by atoms with Crippen molar-refractivity contribution in [3.63, 3.8) is 0 Å². The molecule has 0 amide bonds. The number of thiophene rings is 1. The molecule has 1 aliphatic rings. The number of hydrogen-bond donors (Lipinski definition) is 0. The lowest BCUT2D eigenvalue weighted by Gasteiger charge is -2.34. The average molecular weight is 417 g/mol. The highest BCUT2D eigenvalue weighted by atomic mass is 35.5. The minimum absolute atomic E-state index is 0.108. The first-order chi connectivity index (χ1) is 13.6. The Kier molecular flexibility index (Phi) is 5.71. The maximum absolute atomic E-state index is 13.8. The van der Waals surface area contributed by atoms with Gasteiger partial charge >= 0.3 is 5.97 Å². The predicted molar refractivity (Wildman–Crippen MR) is 107 cm³/mol. The number of hydrogen-bond acceptors (Lipinski definition) is 5. The van der Waals surface area contributed by atoms with Gasteiger partial charge in [0.25, 0.3) is 0 Å². The SMILES string of the molecule is O=C(OCC(c1ccc(Cl)cc1)N1CCc2sccc2C1)c1ccncc1F. The lowest BCUT2D eigenvalue weighted by Crippen LogP contribution is -2.36. The van der Waals surface area contributed by atoms with Gasteiger partial charge in [-0.2, -0.15) is 0 Å². The van der Waals surface area contributed by atoms with Crippen LogP contribution in [-0.2, 0) is 17.7 Å². The Hall–Kier alpha value is -2.28. The molecule has 1 unspecified atom stereocenters. The summed E-state index contributed by atoms with van der Waals surface area (Å²) in [5.74, 6) is -1.37. The molecule has 3 heterocycles. The van der Waals surface area contributed by atoms with E-state index in [1.165, 1.54) is 22.7 Å². The van der Waals surface area contributed by atoms with Crippen molar-refractivity contribution in [2.75, 3.05) is 13.2 Å². The van der Waals surface area contributed by atoms with Crippen LogP contribution in [0.5, 0.6) is 0 Å². The van der Waals surface area contributed by atoms with Gasteiger partial charge in [0.15, 0.2) is 5.82 Å². The number of carbonyl (C=O) groups excluding carboxylic acids is 1. The van der Waals surface area contributed by atoms with Crippen molar-refractivity contribution >= 4 is 28.9 Å². The van der Waals surface area contributed by atoms with Crippen molar-refractivity contribution in [3.05, 3.63) is 86.6 Å². The van der Waals surface area contributed by atoms with Gasteiger partial charge in [-0.15, -0.1) is 11.3 Å². The lowest BCUT2D eigenvalue weighted by molar-refractivity contribution is 0.0321. The lowest BCUT2D eigenvalue weighted by atomic mass is 10.0. The fourth-order valence-electron chi connectivity index (χ4n) is 3.41. The molecular formula is C21H18ClFN2O2S. The van der Waals surface area contributed by atoms with Gasteiger partial charge in [0.05, 0.1) is 17.8 Å². The van der Waals surface area contributed by atoms with Crippen LogP contribution in [0.25, 0.3) is 0 Å². The highest BCUT2D eigenvalue weighted by Crippen LogP contribution is 2.31. The van der Waals surface area contributed by atoms with Crippen molar-refractivity contribution in [2.45, 2.75) is 19.0 Å². The minimum atomic E-state index is -0.688. The number of fused-ring (bicyclic) bond motifs is 1. The molecule has 1 aliphatic heterocycles. The molecule has 144 valence electrons. The van der Waals surface area contributed by atoms with E-state index in [0.717, 1.165) is 31.3 Å². The summed E-state index contributed by atoms with van der Waals surface area (Å²) in [6.07, 6.45) is 3.35. The second-order valence-corrected chi connectivity index (χ2v) is 8.05. The zero-order valence-electron chi connectivity index (χ0n) is 15.0. The van der Waals surface area contributed by atoms with Gasteiger partial charge in [-0.1, -0.05) is 23.7 Å². The molecule has 0 fully saturated rings. The number of ether oxygens (including phenoxy) is 1. The maximum Gasteiger partial charge on any atom is 0.341 e. The third-order valence-electron chi connectivity index (χ3n) is 4.90. The topological polar surface area (TPSA) is 42.4 Å². The summed E-state index contributed by atoms with van der Waals surface area (Å²) in [6.45, 7) is 1.77. The number of rotatable bonds is 5. The Morgan fingerprint density at radius 3 is 2.89 bits per heavy atom. The number of benzene rings is 1. The van der Waals surface area contributed by atoms with E-state index in [4.69, 9.17) is 16.3 Å². The first kappa shape index (κ1) is 19.1. The fraction of sp³-hybridized carbons (Fsp3) is 0.238. The average Bonchev–Trinajstić information content (AvgIpc) is 3.17. The largest absolute Gasteiger partial charge is 0.460 e. The van der Waals surface area contributed by atoms with Crippen molar-refractivity contribution in [1.82, 2.24) is 9.88 Å². The van der Waals surface area contributed by atoms with Gasteiger partial charge < -0.3 is 4.74 Å². The van der Waals surface area contributed by atoms with E-state index in [1.54, 1.807) is 11.3 Å². The highest BCUT2D eigenvalue weighted by Gasteiger charge is 2.27. The van der Waals surface area contributed by atoms with Crippen molar-refractivity contribution in [3.8, 4) is 0 Å². The van der Waals surface area contributed by atoms with Gasteiger partial charge in [0.2, 0.25) is 0 Å². The molecule has 0 bridgehead atoms. The predicted octanol–water partition coefficient (Wildman–Crippen LogP) is 4.89. The summed E-state index contributed by atoms with van der Waals surface area (Å²) in [6, 6.07) is 10.9. The van der Waals surface area contributed by atoms with E-state index in [-0.39, 0.29) is 18.2 Å². The molecule has 1 atom stereocenters. The number of aromatic nitrogens is 1. The van der Waals surface area contributed by atoms with Crippen LogP contribution >= 0.6 is 22.9 Å². The Morgan fingerprint density at radius 2 is 2.11 bits per heavy atom. The Balaban J connectivity index is 1.54. The van der Waals surface area contributed by atoms with Gasteiger partial charge in [-0.3, -0.25) is 9.88 Å². The third-order valence-corrected chi connectivity index (χ3v) is 6.17. The first-order valence-electron chi connectivity index (χ1n) is 8.93. The molecule has 0 saturated carbocycles. The molecule has 7 heteroatoms. The highest BCUT2D eigenvalue weighted by molar-refractivity contribution is 7.10. The van der Waals surface area contributed by atoms with Gasteiger partial charge in [0.1, 0.15) is 6.61 Å². The molecule has 28 heavy (non-hydrogen) atoms. The second kappa shape index (κ2) is 8.39. The summed E-state index contributed by atoms with van der Waals surface area (Å²) in [5, 5.41) is 2.76. The van der Waals surface area contributed by atoms with Crippen LogP contribution in [0.2, 0.25) is 5.02 Å². The van der Waals surface area contributed by atoms with Crippen LogP contribution in [-0.4, -0.2) is 29.0 Å². The maximum atomic E-state index is 13.8. The number of carbonyl (C=O) groups is 1. The van der Waals surface area contributed by atoms with Crippen LogP contribution in [0.4, 0.5) is 4.39 Å². The van der Waals surface area contributed by atoms with Crippen LogP contribution in [0.15, 0.2) is 54.2 Å². The van der Waals surface area contributed by atoms with Crippen LogP contribution < -0.4 is 0 Å². The van der Waals surface area contributed by atoms with Crippen molar-refractivity contribution in [1.29, 1.82) is 0 Å². The summed E-state index contributed by atoms with van der Waals surface area (Å²) in [5.41, 5.74) is 2.21. The second-order valence-electron chi connectivity index (χ2n) is 6.61. The molecule has 0 saturated heterocycles. The van der Waals surface area contributed by atoms with E-state index < -0.39 is 11.8 Å². The molecule has 0 spiro atoms. The molecule has 0 radical (unpaired) electrons. The van der Waals surface area contributed by atoms with Crippen molar-refractivity contribution < 1.29 is 13.9 Å². The number of nitrogens with zero attached hydrogens (tertiary/aromatic N) is 2.